The quantitative estimate of drug-likeness (QED) is 0.758. The molecular weight excluding hydrogens is 224 g/mol. The van der Waals surface area contributed by atoms with E-state index in [0.29, 0.717) is 0 Å². The van der Waals surface area contributed by atoms with Crippen molar-refractivity contribution in [3.8, 4) is 0 Å². The summed E-state index contributed by atoms with van der Waals surface area (Å²) >= 11 is 0. The van der Waals surface area contributed by atoms with Gasteiger partial charge >= 0.3 is 5.97 Å². The number of aryl methyl sites for hydroxylation is 1. The number of carboxylic acids is 1. The van der Waals surface area contributed by atoms with E-state index in [1.54, 1.807) is 0 Å². The molecule has 6 nitrogen and oxygen atoms in total. The molecule has 1 aromatic rings. The molecule has 0 fully saturated rings. The van der Waals surface area contributed by atoms with Crippen molar-refractivity contribution in [2.75, 3.05) is 6.54 Å². The van der Waals surface area contributed by atoms with Crippen LogP contribution < -0.4 is 5.32 Å². The molecule has 0 spiro atoms. The van der Waals surface area contributed by atoms with Crippen molar-refractivity contribution >= 4 is 11.9 Å². The van der Waals surface area contributed by atoms with Crippen molar-refractivity contribution in [1.29, 1.82) is 0 Å². The van der Waals surface area contributed by atoms with E-state index in [9.17, 15) is 9.59 Å². The number of nitrogens with zero attached hydrogens (tertiary/aromatic N) is 1. The zero-order valence-corrected chi connectivity index (χ0v) is 9.36. The number of aliphatic carboxylic acids is 1. The number of hydrogen-bond donors (Lipinski definition) is 2. The van der Waals surface area contributed by atoms with E-state index in [1.807, 2.05) is 0 Å². The predicted molar refractivity (Wildman–Crippen MR) is 57.7 cm³/mol. The Morgan fingerprint density at radius 3 is 2.82 bits per heavy atom. The van der Waals surface area contributed by atoms with Crippen molar-refractivity contribution in [1.82, 2.24) is 10.5 Å². The topological polar surface area (TPSA) is 92.4 Å². The molecule has 0 saturated carbocycles. The number of carbonyl (C=O) groups excluding carboxylic acids is 1. The molecule has 0 saturated heterocycles. The molecule has 1 amide bonds. The smallest absolute Gasteiger partial charge is 0.322 e. The summed E-state index contributed by atoms with van der Waals surface area (Å²) in [4.78, 5) is 22.1. The van der Waals surface area contributed by atoms with Gasteiger partial charge in [0.15, 0.2) is 5.69 Å². The van der Waals surface area contributed by atoms with E-state index < -0.39 is 18.4 Å². The molecule has 0 radical (unpaired) electrons. The van der Waals surface area contributed by atoms with Crippen LogP contribution in [0.15, 0.2) is 4.52 Å². The van der Waals surface area contributed by atoms with Crippen molar-refractivity contribution < 1.29 is 19.2 Å². The fourth-order valence-corrected chi connectivity index (χ4v) is 1.98. The number of aromatic nitrogens is 1. The van der Waals surface area contributed by atoms with Crippen LogP contribution in [0.2, 0.25) is 0 Å². The zero-order chi connectivity index (χ0) is 12.3. The van der Waals surface area contributed by atoms with Crippen molar-refractivity contribution in [2.45, 2.75) is 32.1 Å². The third-order valence-electron chi connectivity index (χ3n) is 2.82. The minimum absolute atomic E-state index is 0.239. The van der Waals surface area contributed by atoms with Crippen molar-refractivity contribution in [3.05, 3.63) is 17.0 Å². The Labute approximate surface area is 98.0 Å². The Hall–Kier alpha value is -1.85. The number of nitrogens with one attached hydrogen (secondary N) is 1. The molecule has 1 aliphatic carbocycles. The zero-order valence-electron chi connectivity index (χ0n) is 9.36. The summed E-state index contributed by atoms with van der Waals surface area (Å²) in [6.07, 6.45) is 4.73. The Kier molecular flexibility index (Phi) is 3.41. The Morgan fingerprint density at radius 1 is 1.29 bits per heavy atom. The normalized spacial score (nSPS) is 14.8. The number of fused-ring (bicyclic) bond motifs is 1. The third-order valence-corrected chi connectivity index (χ3v) is 2.82. The van der Waals surface area contributed by atoms with Gasteiger partial charge in [0.25, 0.3) is 5.91 Å². The third kappa shape index (κ3) is 2.64. The SMILES string of the molecule is O=C(O)CNC(=O)c1noc2c1CCCCC2. The lowest BCUT2D eigenvalue weighted by atomic mass is 10.1. The summed E-state index contributed by atoms with van der Waals surface area (Å²) in [5.41, 5.74) is 1.08. The molecule has 0 unspecified atom stereocenters. The first-order valence-electron chi connectivity index (χ1n) is 5.66. The number of carboxylic acid groups (broad SMARTS) is 1. The first-order valence-corrected chi connectivity index (χ1v) is 5.66. The maximum Gasteiger partial charge on any atom is 0.322 e. The molecule has 6 heteroatoms. The van der Waals surface area contributed by atoms with Gasteiger partial charge in [0.1, 0.15) is 12.3 Å². The van der Waals surface area contributed by atoms with E-state index in [2.05, 4.69) is 10.5 Å². The van der Waals surface area contributed by atoms with Gasteiger partial charge in [-0.15, -0.1) is 0 Å². The van der Waals surface area contributed by atoms with E-state index in [4.69, 9.17) is 9.63 Å². The molecule has 0 aliphatic heterocycles. The average Bonchev–Trinajstić information content (AvgIpc) is 2.55. The van der Waals surface area contributed by atoms with Gasteiger partial charge in [-0.25, -0.2) is 0 Å². The number of hydrogen-bond acceptors (Lipinski definition) is 4. The van der Waals surface area contributed by atoms with Crippen LogP contribution in [-0.2, 0) is 17.6 Å². The molecule has 0 bridgehead atoms. The summed E-state index contributed by atoms with van der Waals surface area (Å²) in [5.74, 6) is -0.782. The molecule has 1 heterocycles. The highest BCUT2D eigenvalue weighted by molar-refractivity contribution is 5.95. The predicted octanol–water partition coefficient (Wildman–Crippen LogP) is 0.758. The van der Waals surface area contributed by atoms with E-state index in [-0.39, 0.29) is 5.69 Å². The highest BCUT2D eigenvalue weighted by Gasteiger charge is 2.23. The van der Waals surface area contributed by atoms with Gasteiger partial charge in [-0.3, -0.25) is 9.59 Å². The van der Waals surface area contributed by atoms with E-state index in [0.717, 1.165) is 43.4 Å². The van der Waals surface area contributed by atoms with Crippen molar-refractivity contribution in [2.24, 2.45) is 0 Å². The maximum atomic E-state index is 11.7. The molecular formula is C11H14N2O4. The minimum atomic E-state index is -1.08. The second-order valence-corrected chi connectivity index (χ2v) is 4.07. The summed E-state index contributed by atoms with van der Waals surface area (Å²) in [7, 11) is 0. The second kappa shape index (κ2) is 4.99. The highest BCUT2D eigenvalue weighted by Crippen LogP contribution is 2.23. The summed E-state index contributed by atoms with van der Waals surface area (Å²) in [6, 6.07) is 0. The van der Waals surface area contributed by atoms with Gasteiger partial charge in [0.05, 0.1) is 0 Å². The molecule has 1 aliphatic rings. The lowest BCUT2D eigenvalue weighted by molar-refractivity contribution is -0.135. The fourth-order valence-electron chi connectivity index (χ4n) is 1.98. The minimum Gasteiger partial charge on any atom is -0.480 e. The molecule has 17 heavy (non-hydrogen) atoms. The molecule has 0 atom stereocenters. The van der Waals surface area contributed by atoms with Crippen LogP contribution in [0.5, 0.6) is 0 Å². The largest absolute Gasteiger partial charge is 0.480 e. The molecule has 92 valence electrons. The molecule has 2 N–H and O–H groups in total. The molecule has 2 rings (SSSR count). The second-order valence-electron chi connectivity index (χ2n) is 4.07. The Bertz CT molecular complexity index is 439. The van der Waals surface area contributed by atoms with Gasteiger partial charge in [-0.1, -0.05) is 11.6 Å². The first-order chi connectivity index (χ1) is 8.18. The fraction of sp³-hybridized carbons (Fsp3) is 0.545. The van der Waals surface area contributed by atoms with E-state index >= 15 is 0 Å². The first kappa shape index (κ1) is 11.6. The summed E-state index contributed by atoms with van der Waals surface area (Å²) in [6.45, 7) is -0.402. The number of amides is 1. The van der Waals surface area contributed by atoms with Crippen LogP contribution in [0.1, 0.15) is 41.1 Å². The van der Waals surface area contributed by atoms with Crippen LogP contribution in [0.4, 0.5) is 0 Å². The molecule has 1 aromatic heterocycles. The number of rotatable bonds is 3. The maximum absolute atomic E-state index is 11.7. The van der Waals surface area contributed by atoms with Gasteiger partial charge in [-0.2, -0.15) is 0 Å². The van der Waals surface area contributed by atoms with Gasteiger partial charge < -0.3 is 14.9 Å². The molecule has 0 aromatic carbocycles. The Morgan fingerprint density at radius 2 is 2.06 bits per heavy atom. The average molecular weight is 238 g/mol. The van der Waals surface area contributed by atoms with Crippen LogP contribution in [0.3, 0.4) is 0 Å². The van der Waals surface area contributed by atoms with Crippen LogP contribution in [0.25, 0.3) is 0 Å². The lowest BCUT2D eigenvalue weighted by Gasteiger charge is -2.01. The van der Waals surface area contributed by atoms with E-state index in [1.165, 1.54) is 0 Å². The standard InChI is InChI=1S/C11H14N2O4/c14-9(15)6-12-11(16)10-7-4-2-1-3-5-8(7)17-13-10/h1-6H2,(H,12,16)(H,14,15). The van der Waals surface area contributed by atoms with Crippen LogP contribution in [-0.4, -0.2) is 28.7 Å². The summed E-state index contributed by atoms with van der Waals surface area (Å²) in [5, 5.41) is 14.5. The van der Waals surface area contributed by atoms with Gasteiger partial charge in [0, 0.05) is 12.0 Å². The van der Waals surface area contributed by atoms with Gasteiger partial charge in [-0.05, 0) is 19.3 Å². The lowest BCUT2D eigenvalue weighted by Crippen LogP contribution is -2.30. The van der Waals surface area contributed by atoms with Gasteiger partial charge in [0.2, 0.25) is 0 Å². The number of carbonyl (C=O) groups is 2. The Balaban J connectivity index is 2.13. The van der Waals surface area contributed by atoms with Crippen molar-refractivity contribution in [3.63, 3.8) is 0 Å². The van der Waals surface area contributed by atoms with Crippen LogP contribution in [0, 0.1) is 0 Å². The monoisotopic (exact) mass is 238 g/mol. The highest BCUT2D eigenvalue weighted by atomic mass is 16.5. The summed E-state index contributed by atoms with van der Waals surface area (Å²) < 4.78 is 5.14. The van der Waals surface area contributed by atoms with Crippen LogP contribution >= 0.6 is 0 Å².